The Hall–Kier alpha value is -1.51. The van der Waals surface area contributed by atoms with Crippen molar-refractivity contribution in [3.8, 4) is 5.75 Å². The van der Waals surface area contributed by atoms with Crippen LogP contribution in [0.25, 0.3) is 0 Å². The van der Waals surface area contributed by atoms with Gasteiger partial charge >= 0.3 is 5.97 Å². The first-order chi connectivity index (χ1) is 8.20. The molecule has 1 heterocycles. The predicted molar refractivity (Wildman–Crippen MR) is 70.0 cm³/mol. The molecule has 1 aliphatic heterocycles. The fourth-order valence-electron chi connectivity index (χ4n) is 2.36. The molecule has 98 valence electrons. The van der Waals surface area contributed by atoms with Gasteiger partial charge in [-0.15, -0.1) is 0 Å². The minimum Gasteiger partial charge on any atom is -0.487 e. The molecule has 1 aliphatic rings. The quantitative estimate of drug-likeness (QED) is 0.894. The maximum Gasteiger partial charge on any atom is 0.309 e. The van der Waals surface area contributed by atoms with Crippen LogP contribution in [-0.4, -0.2) is 16.7 Å². The van der Waals surface area contributed by atoms with Crippen LogP contribution in [0.15, 0.2) is 18.2 Å². The molecule has 0 saturated heterocycles. The van der Waals surface area contributed by atoms with Crippen molar-refractivity contribution in [2.45, 2.75) is 46.1 Å². The average molecular weight is 248 g/mol. The molecule has 1 aromatic carbocycles. The monoisotopic (exact) mass is 248 g/mol. The molecule has 0 amide bonds. The number of fused-ring (bicyclic) bond motifs is 1. The van der Waals surface area contributed by atoms with E-state index in [0.29, 0.717) is 6.42 Å². The van der Waals surface area contributed by atoms with Gasteiger partial charge in [-0.25, -0.2) is 0 Å². The maximum atomic E-state index is 11.1. The standard InChI is InChI=1S/C15H20O3/c1-14(2,13(16)17)8-10-5-6-12-11(7-10)9-15(3,4)18-12/h5-7H,8-9H2,1-4H3,(H,16,17). The molecule has 0 unspecified atom stereocenters. The number of aliphatic carboxylic acids is 1. The van der Waals surface area contributed by atoms with Crippen LogP contribution in [0.1, 0.15) is 38.8 Å². The fourth-order valence-corrected chi connectivity index (χ4v) is 2.36. The zero-order chi connectivity index (χ0) is 13.6. The Labute approximate surface area is 108 Å². The van der Waals surface area contributed by atoms with Crippen LogP contribution in [0.4, 0.5) is 0 Å². The van der Waals surface area contributed by atoms with Gasteiger partial charge in [0.05, 0.1) is 5.41 Å². The van der Waals surface area contributed by atoms with Gasteiger partial charge in [0.25, 0.3) is 0 Å². The highest BCUT2D eigenvalue weighted by Crippen LogP contribution is 2.36. The Balaban J connectivity index is 2.22. The molecule has 0 fully saturated rings. The van der Waals surface area contributed by atoms with Crippen molar-refractivity contribution in [3.63, 3.8) is 0 Å². The van der Waals surface area contributed by atoms with Crippen LogP contribution < -0.4 is 4.74 Å². The number of rotatable bonds is 3. The molecular formula is C15H20O3. The lowest BCUT2D eigenvalue weighted by molar-refractivity contribution is -0.146. The third-order valence-corrected chi connectivity index (χ3v) is 3.35. The van der Waals surface area contributed by atoms with Crippen LogP contribution in [0.5, 0.6) is 5.75 Å². The van der Waals surface area contributed by atoms with Gasteiger partial charge in [0.1, 0.15) is 11.4 Å². The van der Waals surface area contributed by atoms with Crippen molar-refractivity contribution in [1.82, 2.24) is 0 Å². The van der Waals surface area contributed by atoms with E-state index in [1.807, 2.05) is 12.1 Å². The summed E-state index contributed by atoms with van der Waals surface area (Å²) in [6, 6.07) is 6.00. The summed E-state index contributed by atoms with van der Waals surface area (Å²) in [5.74, 6) is 0.163. The number of hydrogen-bond acceptors (Lipinski definition) is 2. The van der Waals surface area contributed by atoms with Crippen molar-refractivity contribution < 1.29 is 14.6 Å². The van der Waals surface area contributed by atoms with Crippen LogP contribution >= 0.6 is 0 Å². The SMILES string of the molecule is CC1(C)Cc2cc(CC(C)(C)C(=O)O)ccc2O1. The summed E-state index contributed by atoms with van der Waals surface area (Å²) in [6.07, 6.45) is 1.42. The summed E-state index contributed by atoms with van der Waals surface area (Å²) >= 11 is 0. The Morgan fingerprint density at radius 2 is 2.11 bits per heavy atom. The van der Waals surface area contributed by atoms with E-state index in [1.54, 1.807) is 13.8 Å². The largest absolute Gasteiger partial charge is 0.487 e. The number of benzene rings is 1. The van der Waals surface area contributed by atoms with Crippen molar-refractivity contribution in [3.05, 3.63) is 29.3 Å². The molecule has 0 spiro atoms. The van der Waals surface area contributed by atoms with E-state index < -0.39 is 11.4 Å². The maximum absolute atomic E-state index is 11.1. The molecule has 1 aromatic rings. The highest BCUT2D eigenvalue weighted by atomic mass is 16.5. The molecule has 18 heavy (non-hydrogen) atoms. The Kier molecular flexibility index (Phi) is 2.88. The van der Waals surface area contributed by atoms with Gasteiger partial charge in [-0.3, -0.25) is 4.79 Å². The van der Waals surface area contributed by atoms with Crippen molar-refractivity contribution >= 4 is 5.97 Å². The molecule has 1 N–H and O–H groups in total. The number of ether oxygens (including phenoxy) is 1. The summed E-state index contributed by atoms with van der Waals surface area (Å²) < 4.78 is 5.81. The molecule has 0 saturated carbocycles. The van der Waals surface area contributed by atoms with E-state index in [4.69, 9.17) is 9.84 Å². The van der Waals surface area contributed by atoms with E-state index in [0.717, 1.165) is 17.7 Å². The lowest BCUT2D eigenvalue weighted by Gasteiger charge is -2.19. The topological polar surface area (TPSA) is 46.5 Å². The Morgan fingerprint density at radius 3 is 2.72 bits per heavy atom. The number of carboxylic acids is 1. The van der Waals surface area contributed by atoms with Crippen LogP contribution in [0.3, 0.4) is 0 Å². The van der Waals surface area contributed by atoms with Gasteiger partial charge in [0.2, 0.25) is 0 Å². The van der Waals surface area contributed by atoms with E-state index in [2.05, 4.69) is 19.9 Å². The van der Waals surface area contributed by atoms with Gasteiger partial charge in [-0.2, -0.15) is 0 Å². The Morgan fingerprint density at radius 1 is 1.44 bits per heavy atom. The van der Waals surface area contributed by atoms with Crippen molar-refractivity contribution in [1.29, 1.82) is 0 Å². The second kappa shape index (κ2) is 4.01. The highest BCUT2D eigenvalue weighted by Gasteiger charge is 2.31. The summed E-state index contributed by atoms with van der Waals surface area (Å²) in [5.41, 5.74) is 1.35. The minimum absolute atomic E-state index is 0.150. The average Bonchev–Trinajstić information content (AvgIpc) is 2.50. The molecule has 0 radical (unpaired) electrons. The lowest BCUT2D eigenvalue weighted by atomic mass is 9.85. The molecule has 0 aliphatic carbocycles. The molecule has 3 heteroatoms. The molecule has 0 atom stereocenters. The molecule has 3 nitrogen and oxygen atoms in total. The third-order valence-electron chi connectivity index (χ3n) is 3.35. The molecule has 0 bridgehead atoms. The van der Waals surface area contributed by atoms with Crippen LogP contribution in [0, 0.1) is 5.41 Å². The smallest absolute Gasteiger partial charge is 0.309 e. The Bertz CT molecular complexity index is 487. The second-order valence-electron chi connectivity index (χ2n) is 6.35. The number of carboxylic acid groups (broad SMARTS) is 1. The van der Waals surface area contributed by atoms with Gasteiger partial charge in [-0.1, -0.05) is 12.1 Å². The highest BCUT2D eigenvalue weighted by molar-refractivity contribution is 5.74. The first kappa shape index (κ1) is 12.9. The summed E-state index contributed by atoms with van der Waals surface area (Å²) in [6.45, 7) is 7.63. The first-order valence-electron chi connectivity index (χ1n) is 6.24. The number of carbonyl (C=O) groups is 1. The van der Waals surface area contributed by atoms with Crippen molar-refractivity contribution in [2.24, 2.45) is 5.41 Å². The summed E-state index contributed by atoms with van der Waals surface area (Å²) in [4.78, 5) is 11.1. The van der Waals surface area contributed by atoms with Gasteiger partial charge in [0.15, 0.2) is 0 Å². The van der Waals surface area contributed by atoms with Crippen molar-refractivity contribution in [2.75, 3.05) is 0 Å². The van der Waals surface area contributed by atoms with E-state index >= 15 is 0 Å². The molecule has 0 aromatic heterocycles. The number of hydrogen-bond donors (Lipinski definition) is 1. The van der Waals surface area contributed by atoms with E-state index in [-0.39, 0.29) is 5.60 Å². The van der Waals surface area contributed by atoms with Gasteiger partial charge in [-0.05, 0) is 51.3 Å². The van der Waals surface area contributed by atoms with Crippen LogP contribution in [0.2, 0.25) is 0 Å². The normalized spacial score (nSPS) is 17.1. The summed E-state index contributed by atoms with van der Waals surface area (Å²) in [7, 11) is 0. The third kappa shape index (κ3) is 2.50. The molecule has 2 rings (SSSR count). The second-order valence-corrected chi connectivity index (χ2v) is 6.35. The lowest BCUT2D eigenvalue weighted by Crippen LogP contribution is -2.26. The van der Waals surface area contributed by atoms with Gasteiger partial charge < -0.3 is 9.84 Å². The first-order valence-corrected chi connectivity index (χ1v) is 6.24. The van der Waals surface area contributed by atoms with Crippen LogP contribution in [-0.2, 0) is 17.6 Å². The molecular weight excluding hydrogens is 228 g/mol. The van der Waals surface area contributed by atoms with E-state index in [9.17, 15) is 4.79 Å². The fraction of sp³-hybridized carbons (Fsp3) is 0.533. The van der Waals surface area contributed by atoms with Gasteiger partial charge in [0, 0.05) is 6.42 Å². The zero-order valence-corrected chi connectivity index (χ0v) is 11.4. The van der Waals surface area contributed by atoms with E-state index in [1.165, 1.54) is 5.56 Å². The summed E-state index contributed by atoms with van der Waals surface area (Å²) in [5, 5.41) is 9.15. The minimum atomic E-state index is -0.764. The zero-order valence-electron chi connectivity index (χ0n) is 11.4. The predicted octanol–water partition coefficient (Wildman–Crippen LogP) is 3.05.